The van der Waals surface area contributed by atoms with E-state index < -0.39 is 0 Å². The number of aromatic hydroxyl groups is 1. The molecule has 0 aliphatic rings. The molecular formula is C42H36N4O. The second-order valence-electron chi connectivity index (χ2n) is 13.6. The van der Waals surface area contributed by atoms with Gasteiger partial charge in [0, 0.05) is 33.8 Å². The molecule has 0 bridgehead atoms. The smallest absolute Gasteiger partial charge is 0.147 e. The van der Waals surface area contributed by atoms with E-state index in [-0.39, 0.29) is 11.2 Å². The molecule has 5 nitrogen and oxygen atoms in total. The summed E-state index contributed by atoms with van der Waals surface area (Å²) in [6.07, 6.45) is 2.01. The van der Waals surface area contributed by atoms with Crippen molar-refractivity contribution in [3.05, 3.63) is 132 Å². The van der Waals surface area contributed by atoms with Crippen LogP contribution >= 0.6 is 0 Å². The molecule has 0 spiro atoms. The van der Waals surface area contributed by atoms with Gasteiger partial charge >= 0.3 is 0 Å². The average molecular weight is 613 g/mol. The molecule has 0 saturated carbocycles. The van der Waals surface area contributed by atoms with Crippen molar-refractivity contribution in [2.24, 2.45) is 0 Å². The topological polar surface area (TPSA) is 66.7 Å². The zero-order valence-electron chi connectivity index (χ0n) is 27.3. The summed E-state index contributed by atoms with van der Waals surface area (Å²) in [5.41, 5.74) is 12.9. The lowest BCUT2D eigenvalue weighted by atomic mass is 9.85. The second kappa shape index (κ2) is 10.7. The fraction of sp³-hybridized carbons (Fsp3) is 0.143. The number of imidazole rings is 1. The number of nitrogens with zero attached hydrogens (tertiary/aromatic N) is 3. The van der Waals surface area contributed by atoms with Gasteiger partial charge in [0.15, 0.2) is 0 Å². The van der Waals surface area contributed by atoms with Crippen LogP contribution in [0.4, 0.5) is 0 Å². The summed E-state index contributed by atoms with van der Waals surface area (Å²) in [5.74, 6) is 1.02. The van der Waals surface area contributed by atoms with Gasteiger partial charge in [0.05, 0.1) is 22.2 Å². The fourth-order valence-electron chi connectivity index (χ4n) is 6.84. The van der Waals surface area contributed by atoms with Gasteiger partial charge < -0.3 is 10.1 Å². The van der Waals surface area contributed by atoms with Crippen LogP contribution in [-0.2, 0) is 5.41 Å². The van der Waals surface area contributed by atoms with Crippen LogP contribution in [0.15, 0.2) is 115 Å². The minimum atomic E-state index is -0.0486. The Hall–Kier alpha value is -5.68. The maximum atomic E-state index is 11.0. The van der Waals surface area contributed by atoms with Gasteiger partial charge in [0.25, 0.3) is 0 Å². The first-order valence-corrected chi connectivity index (χ1v) is 16.1. The molecule has 8 aromatic rings. The lowest BCUT2D eigenvalue weighted by Gasteiger charge is -2.21. The van der Waals surface area contributed by atoms with E-state index in [9.17, 15) is 5.11 Å². The molecule has 0 unspecified atom stereocenters. The number of phenolic OH excluding ortho intramolecular Hbond substituents is 1. The highest BCUT2D eigenvalue weighted by Gasteiger charge is 2.24. The summed E-state index contributed by atoms with van der Waals surface area (Å²) in [5, 5.41) is 13.1. The molecule has 0 fully saturated rings. The molecule has 8 rings (SSSR count). The molecule has 5 heteroatoms. The highest BCUT2D eigenvalue weighted by atomic mass is 16.3. The quantitative estimate of drug-likeness (QED) is 0.208. The maximum absolute atomic E-state index is 11.0. The molecule has 0 atom stereocenters. The van der Waals surface area contributed by atoms with Gasteiger partial charge in [0.1, 0.15) is 17.1 Å². The number of aryl methyl sites for hydroxylation is 2. The Morgan fingerprint density at radius 3 is 2.21 bits per heavy atom. The molecular weight excluding hydrogens is 576 g/mol. The van der Waals surface area contributed by atoms with Crippen LogP contribution in [-0.4, -0.2) is 24.6 Å². The minimum Gasteiger partial charge on any atom is -0.506 e. The van der Waals surface area contributed by atoms with Crippen molar-refractivity contribution in [3.63, 3.8) is 0 Å². The van der Waals surface area contributed by atoms with Crippen molar-refractivity contribution in [2.45, 2.75) is 40.0 Å². The van der Waals surface area contributed by atoms with Crippen LogP contribution in [0.5, 0.6) is 5.75 Å². The average Bonchev–Trinajstić information content (AvgIpc) is 3.69. The lowest BCUT2D eigenvalue weighted by molar-refractivity contribution is 0.480. The number of hydrogen-bond acceptors (Lipinski definition) is 3. The van der Waals surface area contributed by atoms with Crippen molar-refractivity contribution in [1.29, 1.82) is 0 Å². The minimum absolute atomic E-state index is 0.0486. The molecule has 5 aromatic carbocycles. The van der Waals surface area contributed by atoms with E-state index in [0.29, 0.717) is 5.52 Å². The highest BCUT2D eigenvalue weighted by Crippen LogP contribution is 2.41. The van der Waals surface area contributed by atoms with Crippen molar-refractivity contribution >= 4 is 32.8 Å². The Morgan fingerprint density at radius 1 is 0.681 bits per heavy atom. The first-order valence-electron chi connectivity index (χ1n) is 16.1. The maximum Gasteiger partial charge on any atom is 0.147 e. The number of para-hydroxylation sites is 2. The van der Waals surface area contributed by atoms with E-state index in [4.69, 9.17) is 9.97 Å². The summed E-state index contributed by atoms with van der Waals surface area (Å²) in [6, 6.07) is 37.7. The van der Waals surface area contributed by atoms with E-state index in [0.717, 1.165) is 66.8 Å². The first kappa shape index (κ1) is 28.8. The van der Waals surface area contributed by atoms with Gasteiger partial charge in [-0.3, -0.25) is 4.57 Å². The standard InChI is InChI=1S/C42H36N4O/c1-25-19-26(2)21-30(20-25)46-36-15-9-14-32(35-24-33(27-11-7-6-8-12-27)31-13-10-16-37(47)40(31)44-35)39(36)45-41(46)34-23-29(42(3,4)5)22-28-17-18-43-38(28)34/h6-24,43,47H,1-5H3. The van der Waals surface area contributed by atoms with E-state index >= 15 is 0 Å². The van der Waals surface area contributed by atoms with Gasteiger partial charge in [-0.25, -0.2) is 9.97 Å². The number of aromatic nitrogens is 4. The van der Waals surface area contributed by atoms with Crippen LogP contribution in [0, 0.1) is 13.8 Å². The van der Waals surface area contributed by atoms with Crippen LogP contribution in [0.25, 0.3) is 72.3 Å². The second-order valence-corrected chi connectivity index (χ2v) is 13.6. The molecule has 3 aromatic heterocycles. The summed E-state index contributed by atoms with van der Waals surface area (Å²) in [4.78, 5) is 14.1. The molecule has 0 aliphatic carbocycles. The zero-order valence-corrected chi connectivity index (χ0v) is 27.3. The molecule has 0 aliphatic heterocycles. The van der Waals surface area contributed by atoms with Crippen molar-refractivity contribution in [3.8, 4) is 45.2 Å². The lowest BCUT2D eigenvalue weighted by Crippen LogP contribution is -2.11. The number of hydrogen-bond donors (Lipinski definition) is 2. The monoisotopic (exact) mass is 612 g/mol. The molecule has 230 valence electrons. The predicted octanol–water partition coefficient (Wildman–Crippen LogP) is 10.7. The van der Waals surface area contributed by atoms with Gasteiger partial charge in [-0.2, -0.15) is 0 Å². The third-order valence-corrected chi connectivity index (χ3v) is 9.10. The number of phenols is 1. The van der Waals surface area contributed by atoms with Crippen LogP contribution in [0.2, 0.25) is 0 Å². The third-order valence-electron chi connectivity index (χ3n) is 9.10. The number of fused-ring (bicyclic) bond motifs is 3. The number of H-pyrrole nitrogens is 1. The molecule has 0 saturated heterocycles. The van der Waals surface area contributed by atoms with Gasteiger partial charge in [0.2, 0.25) is 0 Å². The van der Waals surface area contributed by atoms with E-state index in [1.54, 1.807) is 6.07 Å². The van der Waals surface area contributed by atoms with Crippen LogP contribution in [0.1, 0.15) is 37.5 Å². The third kappa shape index (κ3) is 4.86. The largest absolute Gasteiger partial charge is 0.506 e. The van der Waals surface area contributed by atoms with E-state index in [1.807, 2.05) is 36.5 Å². The molecule has 47 heavy (non-hydrogen) atoms. The van der Waals surface area contributed by atoms with E-state index in [2.05, 4.69) is 117 Å². The van der Waals surface area contributed by atoms with Crippen LogP contribution in [0.3, 0.4) is 0 Å². The SMILES string of the molecule is Cc1cc(C)cc(-n2c(-c3cc(C(C)(C)C)cc4cc[nH]c34)nc3c(-c4cc(-c5ccccc5)c5cccc(O)c5n4)cccc32)c1. The van der Waals surface area contributed by atoms with Gasteiger partial charge in [-0.15, -0.1) is 0 Å². The van der Waals surface area contributed by atoms with Crippen molar-refractivity contribution in [2.75, 3.05) is 0 Å². The Kier molecular flexibility index (Phi) is 6.55. The Balaban J connectivity index is 1.48. The van der Waals surface area contributed by atoms with Gasteiger partial charge in [-0.05, 0) is 95.6 Å². The predicted molar refractivity (Wildman–Crippen MR) is 194 cm³/mol. The highest BCUT2D eigenvalue weighted by molar-refractivity contribution is 6.03. The zero-order chi connectivity index (χ0) is 32.4. The summed E-state index contributed by atoms with van der Waals surface area (Å²) < 4.78 is 2.29. The Bertz CT molecular complexity index is 2460. The summed E-state index contributed by atoms with van der Waals surface area (Å²) in [6.45, 7) is 11.0. The first-order chi connectivity index (χ1) is 22.7. The molecule has 0 amide bonds. The van der Waals surface area contributed by atoms with E-state index in [1.165, 1.54) is 16.7 Å². The summed E-state index contributed by atoms with van der Waals surface area (Å²) >= 11 is 0. The van der Waals surface area contributed by atoms with Gasteiger partial charge in [-0.1, -0.05) is 81.4 Å². The number of pyridine rings is 1. The van der Waals surface area contributed by atoms with Crippen molar-refractivity contribution < 1.29 is 5.11 Å². The normalized spacial score (nSPS) is 12.0. The molecule has 0 radical (unpaired) electrons. The number of nitrogens with one attached hydrogen (secondary N) is 1. The molecule has 2 N–H and O–H groups in total. The van der Waals surface area contributed by atoms with Crippen LogP contribution < -0.4 is 0 Å². The number of benzene rings is 5. The Labute approximate surface area is 274 Å². The Morgan fingerprint density at radius 2 is 1.45 bits per heavy atom. The van der Waals surface area contributed by atoms with Crippen molar-refractivity contribution in [1.82, 2.24) is 19.5 Å². The number of rotatable bonds is 4. The number of aromatic amines is 1. The fourth-order valence-corrected chi connectivity index (χ4v) is 6.84. The molecule has 3 heterocycles. The summed E-state index contributed by atoms with van der Waals surface area (Å²) in [7, 11) is 0.